The van der Waals surface area contributed by atoms with Gasteiger partial charge in [0, 0.05) is 10.7 Å². The summed E-state index contributed by atoms with van der Waals surface area (Å²) in [6, 6.07) is 11.5. The van der Waals surface area contributed by atoms with Crippen LogP contribution in [-0.4, -0.2) is 26.3 Å². The minimum absolute atomic E-state index is 0.0813. The van der Waals surface area contributed by atoms with E-state index in [9.17, 15) is 4.79 Å². The predicted octanol–water partition coefficient (Wildman–Crippen LogP) is 3.53. The summed E-state index contributed by atoms with van der Waals surface area (Å²) in [5, 5.41) is 11.7. The van der Waals surface area contributed by atoms with E-state index < -0.39 is 0 Å². The van der Waals surface area contributed by atoms with Crippen LogP contribution in [0.4, 0.5) is 5.69 Å². The molecule has 22 heavy (non-hydrogen) atoms. The van der Waals surface area contributed by atoms with Gasteiger partial charge in [0.2, 0.25) is 5.91 Å². The molecule has 0 atom stereocenters. The maximum Gasteiger partial charge on any atom is 0.234 e. The molecular weight excluding hydrogens is 364 g/mol. The lowest BCUT2D eigenvalue weighted by atomic mass is 10.2. The number of thioether (sulfide) groups is 1. The first-order valence-electron chi connectivity index (χ1n) is 6.62. The fraction of sp³-hybridized carbons (Fsp3) is 0.133. The van der Waals surface area contributed by atoms with E-state index in [1.54, 1.807) is 0 Å². The van der Waals surface area contributed by atoms with Gasteiger partial charge in [0.25, 0.3) is 0 Å². The first kappa shape index (κ1) is 15.1. The van der Waals surface area contributed by atoms with Crippen molar-refractivity contribution in [1.29, 1.82) is 0 Å². The third-order valence-electron chi connectivity index (χ3n) is 3.01. The van der Waals surface area contributed by atoms with E-state index in [2.05, 4.69) is 31.4 Å². The van der Waals surface area contributed by atoms with Crippen LogP contribution in [0.15, 0.2) is 52.2 Å². The van der Waals surface area contributed by atoms with Crippen molar-refractivity contribution in [2.24, 2.45) is 0 Å². The number of anilines is 1. The SMILES string of the molecule is Cc1ccc(NC(=O)CSc2nnc3ccccn23)c(Br)c1. The van der Waals surface area contributed by atoms with Crippen LogP contribution < -0.4 is 5.32 Å². The number of hydrogen-bond donors (Lipinski definition) is 1. The van der Waals surface area contributed by atoms with Gasteiger partial charge in [-0.3, -0.25) is 9.20 Å². The zero-order valence-electron chi connectivity index (χ0n) is 11.8. The Morgan fingerprint density at radius 3 is 3.00 bits per heavy atom. The Balaban J connectivity index is 1.65. The normalized spacial score (nSPS) is 10.8. The molecule has 112 valence electrons. The molecule has 1 aromatic carbocycles. The highest BCUT2D eigenvalue weighted by molar-refractivity contribution is 9.10. The van der Waals surface area contributed by atoms with E-state index in [0.29, 0.717) is 5.16 Å². The van der Waals surface area contributed by atoms with Crippen LogP contribution in [0.2, 0.25) is 0 Å². The molecule has 2 aromatic heterocycles. The van der Waals surface area contributed by atoms with Gasteiger partial charge in [0.05, 0.1) is 11.4 Å². The van der Waals surface area contributed by atoms with E-state index in [4.69, 9.17) is 0 Å². The lowest BCUT2D eigenvalue weighted by Gasteiger charge is -2.07. The minimum atomic E-state index is -0.0813. The van der Waals surface area contributed by atoms with Crippen molar-refractivity contribution in [1.82, 2.24) is 14.6 Å². The molecule has 0 spiro atoms. The van der Waals surface area contributed by atoms with Crippen LogP contribution >= 0.6 is 27.7 Å². The van der Waals surface area contributed by atoms with Crippen molar-refractivity contribution >= 4 is 44.9 Å². The summed E-state index contributed by atoms with van der Waals surface area (Å²) in [4.78, 5) is 12.1. The number of carbonyl (C=O) groups is 1. The maximum absolute atomic E-state index is 12.1. The van der Waals surface area contributed by atoms with Crippen LogP contribution in [0.5, 0.6) is 0 Å². The monoisotopic (exact) mass is 376 g/mol. The zero-order valence-corrected chi connectivity index (χ0v) is 14.2. The highest BCUT2D eigenvalue weighted by Gasteiger charge is 2.10. The fourth-order valence-electron chi connectivity index (χ4n) is 1.96. The van der Waals surface area contributed by atoms with Crippen molar-refractivity contribution in [2.75, 3.05) is 11.1 Å². The molecule has 3 aromatic rings. The minimum Gasteiger partial charge on any atom is -0.324 e. The van der Waals surface area contributed by atoms with Crippen molar-refractivity contribution in [2.45, 2.75) is 12.1 Å². The molecule has 5 nitrogen and oxygen atoms in total. The van der Waals surface area contributed by atoms with Crippen LogP contribution in [0.3, 0.4) is 0 Å². The van der Waals surface area contributed by atoms with Gasteiger partial charge in [0.1, 0.15) is 0 Å². The van der Waals surface area contributed by atoms with Gasteiger partial charge in [0.15, 0.2) is 10.8 Å². The summed E-state index contributed by atoms with van der Waals surface area (Å²) < 4.78 is 2.73. The molecule has 0 aliphatic heterocycles. The molecule has 1 N–H and O–H groups in total. The van der Waals surface area contributed by atoms with Gasteiger partial charge in [-0.2, -0.15) is 0 Å². The highest BCUT2D eigenvalue weighted by Crippen LogP contribution is 2.24. The van der Waals surface area contributed by atoms with Gasteiger partial charge >= 0.3 is 0 Å². The number of carbonyl (C=O) groups excluding carboxylic acids is 1. The molecule has 0 fully saturated rings. The fourth-order valence-corrected chi connectivity index (χ4v) is 3.27. The number of hydrogen-bond acceptors (Lipinski definition) is 4. The first-order chi connectivity index (χ1) is 10.6. The van der Waals surface area contributed by atoms with Gasteiger partial charge in [-0.15, -0.1) is 10.2 Å². The number of rotatable bonds is 4. The average Bonchev–Trinajstić information content (AvgIpc) is 2.91. The standard InChI is InChI=1S/C15H13BrN4OS/c1-10-5-6-12(11(16)8-10)17-14(21)9-22-15-19-18-13-4-2-3-7-20(13)15/h2-8H,9H2,1H3,(H,17,21). The smallest absolute Gasteiger partial charge is 0.234 e. The number of amides is 1. The van der Waals surface area contributed by atoms with Crippen LogP contribution in [0.1, 0.15) is 5.56 Å². The molecule has 2 heterocycles. The Kier molecular flexibility index (Phi) is 4.44. The number of nitrogens with zero attached hydrogens (tertiary/aromatic N) is 3. The molecule has 0 aliphatic rings. The van der Waals surface area contributed by atoms with Gasteiger partial charge in [-0.25, -0.2) is 0 Å². The second-order valence-electron chi connectivity index (χ2n) is 4.73. The Morgan fingerprint density at radius 1 is 1.32 bits per heavy atom. The molecule has 7 heteroatoms. The summed E-state index contributed by atoms with van der Waals surface area (Å²) >= 11 is 4.80. The summed E-state index contributed by atoms with van der Waals surface area (Å²) in [5.41, 5.74) is 2.67. The Morgan fingerprint density at radius 2 is 2.18 bits per heavy atom. The van der Waals surface area contributed by atoms with Gasteiger partial charge in [-0.1, -0.05) is 23.9 Å². The summed E-state index contributed by atoms with van der Waals surface area (Å²) in [6.45, 7) is 2.00. The Hall–Kier alpha value is -1.86. The molecule has 0 radical (unpaired) electrons. The Bertz CT molecular complexity index is 833. The molecule has 0 aliphatic carbocycles. The second-order valence-corrected chi connectivity index (χ2v) is 6.53. The summed E-state index contributed by atoms with van der Waals surface area (Å²) in [7, 11) is 0. The lowest BCUT2D eigenvalue weighted by molar-refractivity contribution is -0.113. The maximum atomic E-state index is 12.1. The summed E-state index contributed by atoms with van der Waals surface area (Å²) in [5.74, 6) is 0.193. The summed E-state index contributed by atoms with van der Waals surface area (Å²) in [6.07, 6.45) is 1.88. The van der Waals surface area contributed by atoms with E-state index in [1.807, 2.05) is 53.9 Å². The average molecular weight is 377 g/mol. The number of aryl methyl sites for hydroxylation is 1. The van der Waals surface area contributed by atoms with E-state index in [0.717, 1.165) is 21.4 Å². The van der Waals surface area contributed by atoms with Crippen LogP contribution in [-0.2, 0) is 4.79 Å². The molecular formula is C15H13BrN4OS. The van der Waals surface area contributed by atoms with Crippen LogP contribution in [0.25, 0.3) is 5.65 Å². The lowest BCUT2D eigenvalue weighted by Crippen LogP contribution is -2.14. The van der Waals surface area contributed by atoms with Crippen molar-refractivity contribution in [3.63, 3.8) is 0 Å². The third-order valence-corrected chi connectivity index (χ3v) is 4.61. The second kappa shape index (κ2) is 6.50. The van der Waals surface area contributed by atoms with E-state index >= 15 is 0 Å². The Labute approximate surface area is 140 Å². The number of halogens is 1. The van der Waals surface area contributed by atoms with Gasteiger partial charge in [-0.05, 0) is 52.7 Å². The van der Waals surface area contributed by atoms with E-state index in [-0.39, 0.29) is 11.7 Å². The van der Waals surface area contributed by atoms with Crippen molar-refractivity contribution in [3.8, 4) is 0 Å². The number of benzene rings is 1. The number of aromatic nitrogens is 3. The van der Waals surface area contributed by atoms with Crippen molar-refractivity contribution in [3.05, 3.63) is 52.6 Å². The van der Waals surface area contributed by atoms with E-state index in [1.165, 1.54) is 11.8 Å². The first-order valence-corrected chi connectivity index (χ1v) is 8.40. The van der Waals surface area contributed by atoms with Crippen molar-refractivity contribution < 1.29 is 4.79 Å². The molecule has 0 unspecified atom stereocenters. The zero-order chi connectivity index (χ0) is 15.5. The third kappa shape index (κ3) is 3.31. The highest BCUT2D eigenvalue weighted by atomic mass is 79.9. The molecule has 0 saturated heterocycles. The van der Waals surface area contributed by atoms with Gasteiger partial charge < -0.3 is 5.32 Å². The largest absolute Gasteiger partial charge is 0.324 e. The topological polar surface area (TPSA) is 59.3 Å². The number of nitrogens with one attached hydrogen (secondary N) is 1. The molecule has 0 bridgehead atoms. The molecule has 1 amide bonds. The predicted molar refractivity (Wildman–Crippen MR) is 91.2 cm³/mol. The number of fused-ring (bicyclic) bond motifs is 1. The quantitative estimate of drug-likeness (QED) is 0.707. The number of pyridine rings is 1. The molecule has 0 saturated carbocycles. The molecule has 3 rings (SSSR count). The van der Waals surface area contributed by atoms with Crippen LogP contribution in [0, 0.1) is 6.92 Å².